The molecule has 0 bridgehead atoms. The molecule has 1 heterocycles. The number of nitrogens with zero attached hydrogens (tertiary/aromatic N) is 2. The lowest BCUT2D eigenvalue weighted by Gasteiger charge is -2.10. The van der Waals surface area contributed by atoms with Crippen LogP contribution < -0.4 is 5.32 Å². The van der Waals surface area contributed by atoms with Crippen molar-refractivity contribution in [3.8, 4) is 0 Å². The number of ether oxygens (including phenoxy) is 2. The average molecular weight is 375 g/mol. The number of anilines is 1. The van der Waals surface area contributed by atoms with Gasteiger partial charge in [-0.25, -0.2) is 9.59 Å². The minimum absolute atomic E-state index is 0.0146. The van der Waals surface area contributed by atoms with Gasteiger partial charge in [0.15, 0.2) is 0 Å². The maximum Gasteiger partial charge on any atom is 0.337 e. The number of carbonyl (C=O) groups excluding carboxylic acids is 3. The molecule has 0 aliphatic heterocycles. The summed E-state index contributed by atoms with van der Waals surface area (Å²) in [4.78, 5) is 46.8. The zero-order chi connectivity index (χ0) is 20.0. The van der Waals surface area contributed by atoms with Gasteiger partial charge >= 0.3 is 17.9 Å². The number of hydrogen-bond acceptors (Lipinski definition) is 7. The highest BCUT2D eigenvalue weighted by molar-refractivity contribution is 6.05. The fourth-order valence-corrected chi connectivity index (χ4v) is 2.27. The molecule has 1 amide bonds. The topological polar surface area (TPSA) is 137 Å². The van der Waals surface area contributed by atoms with E-state index in [2.05, 4.69) is 19.9 Å². The lowest BCUT2D eigenvalue weighted by atomic mass is 10.1. The van der Waals surface area contributed by atoms with Crippen LogP contribution in [-0.4, -0.2) is 52.9 Å². The van der Waals surface area contributed by atoms with Crippen molar-refractivity contribution in [3.05, 3.63) is 47.3 Å². The number of hydrogen-bond donors (Lipinski definition) is 2. The molecule has 27 heavy (non-hydrogen) atoms. The molecule has 0 fully saturated rings. The van der Waals surface area contributed by atoms with Gasteiger partial charge in [0.05, 0.1) is 38.3 Å². The first-order valence-electron chi connectivity index (χ1n) is 7.72. The Labute approximate surface area is 153 Å². The van der Waals surface area contributed by atoms with Gasteiger partial charge in [-0.1, -0.05) is 0 Å². The summed E-state index contributed by atoms with van der Waals surface area (Å²) in [5.74, 6) is -2.99. The Kier molecular flexibility index (Phi) is 6.26. The summed E-state index contributed by atoms with van der Waals surface area (Å²) in [5, 5.41) is 15.2. The summed E-state index contributed by atoms with van der Waals surface area (Å²) in [6.45, 7) is 0.0146. The smallest absolute Gasteiger partial charge is 0.337 e. The molecule has 0 atom stereocenters. The van der Waals surface area contributed by atoms with E-state index in [1.165, 1.54) is 49.4 Å². The molecular formula is C17H17N3O7. The summed E-state index contributed by atoms with van der Waals surface area (Å²) in [7, 11) is 2.37. The van der Waals surface area contributed by atoms with Gasteiger partial charge in [0.2, 0.25) is 0 Å². The number of esters is 2. The van der Waals surface area contributed by atoms with Crippen molar-refractivity contribution < 1.29 is 33.8 Å². The van der Waals surface area contributed by atoms with Crippen LogP contribution in [0.4, 0.5) is 5.69 Å². The van der Waals surface area contributed by atoms with Crippen molar-refractivity contribution in [2.24, 2.45) is 0 Å². The number of methoxy groups -OCH3 is 2. The van der Waals surface area contributed by atoms with E-state index in [-0.39, 0.29) is 35.5 Å². The Morgan fingerprint density at radius 1 is 1.07 bits per heavy atom. The van der Waals surface area contributed by atoms with Crippen LogP contribution in [0, 0.1) is 0 Å². The molecule has 142 valence electrons. The third-order valence-electron chi connectivity index (χ3n) is 3.52. The van der Waals surface area contributed by atoms with Gasteiger partial charge in [0, 0.05) is 11.9 Å². The van der Waals surface area contributed by atoms with Crippen LogP contribution in [0.5, 0.6) is 0 Å². The third kappa shape index (κ3) is 4.91. The number of benzene rings is 1. The van der Waals surface area contributed by atoms with Crippen molar-refractivity contribution >= 4 is 29.5 Å². The molecule has 0 spiro atoms. The minimum Gasteiger partial charge on any atom is -0.481 e. The van der Waals surface area contributed by atoms with E-state index in [4.69, 9.17) is 5.11 Å². The van der Waals surface area contributed by atoms with Crippen LogP contribution in [0.25, 0.3) is 0 Å². The second-order valence-electron chi connectivity index (χ2n) is 5.32. The first-order valence-corrected chi connectivity index (χ1v) is 7.72. The molecule has 10 heteroatoms. The van der Waals surface area contributed by atoms with E-state index in [9.17, 15) is 19.2 Å². The highest BCUT2D eigenvalue weighted by Gasteiger charge is 2.17. The van der Waals surface area contributed by atoms with E-state index in [0.717, 1.165) is 0 Å². The van der Waals surface area contributed by atoms with Crippen LogP contribution in [0.15, 0.2) is 30.5 Å². The van der Waals surface area contributed by atoms with Gasteiger partial charge in [-0.3, -0.25) is 14.3 Å². The highest BCUT2D eigenvalue weighted by atomic mass is 16.5. The van der Waals surface area contributed by atoms with Crippen molar-refractivity contribution in [2.45, 2.75) is 13.0 Å². The molecule has 0 aliphatic carbocycles. The van der Waals surface area contributed by atoms with Gasteiger partial charge < -0.3 is 19.9 Å². The van der Waals surface area contributed by atoms with Gasteiger partial charge in [-0.15, -0.1) is 0 Å². The van der Waals surface area contributed by atoms with Crippen LogP contribution in [0.2, 0.25) is 0 Å². The quantitative estimate of drug-likeness (QED) is 0.688. The molecule has 0 saturated heterocycles. The first kappa shape index (κ1) is 19.6. The Bertz CT molecular complexity index is 854. The molecule has 0 unspecified atom stereocenters. The van der Waals surface area contributed by atoms with Crippen molar-refractivity contribution in [2.75, 3.05) is 19.5 Å². The highest BCUT2D eigenvalue weighted by Crippen LogP contribution is 2.18. The number of aromatic nitrogens is 2. The molecule has 2 aromatic rings. The second-order valence-corrected chi connectivity index (χ2v) is 5.32. The van der Waals surface area contributed by atoms with Gasteiger partial charge in [0.1, 0.15) is 5.69 Å². The third-order valence-corrected chi connectivity index (χ3v) is 3.52. The predicted octanol–water partition coefficient (Wildman–Crippen LogP) is 1.18. The maximum atomic E-state index is 12.5. The maximum absolute atomic E-state index is 12.5. The number of rotatable bonds is 7. The van der Waals surface area contributed by atoms with Gasteiger partial charge in [0.25, 0.3) is 5.91 Å². The SMILES string of the molecule is COC(=O)c1cc(NC(=O)c2ccnn2CCC(=O)O)cc(C(=O)OC)c1. The van der Waals surface area contributed by atoms with E-state index >= 15 is 0 Å². The van der Waals surface area contributed by atoms with Crippen molar-refractivity contribution in [1.82, 2.24) is 9.78 Å². The first-order chi connectivity index (χ1) is 12.8. The summed E-state index contributed by atoms with van der Waals surface area (Å²) in [6.07, 6.45) is 1.16. The number of nitrogens with one attached hydrogen (secondary N) is 1. The van der Waals surface area contributed by atoms with Crippen molar-refractivity contribution in [3.63, 3.8) is 0 Å². The zero-order valence-corrected chi connectivity index (χ0v) is 14.6. The Morgan fingerprint density at radius 3 is 2.19 bits per heavy atom. The molecule has 2 rings (SSSR count). The number of carboxylic acid groups (broad SMARTS) is 1. The Hall–Kier alpha value is -3.69. The monoisotopic (exact) mass is 375 g/mol. The summed E-state index contributed by atoms with van der Waals surface area (Å²) >= 11 is 0. The van der Waals surface area contributed by atoms with E-state index < -0.39 is 23.8 Å². The lowest BCUT2D eigenvalue weighted by molar-refractivity contribution is -0.137. The fraction of sp³-hybridized carbons (Fsp3) is 0.235. The molecule has 2 N–H and O–H groups in total. The number of amides is 1. The van der Waals surface area contributed by atoms with Crippen LogP contribution in [0.1, 0.15) is 37.6 Å². The number of aryl methyl sites for hydroxylation is 1. The molecule has 10 nitrogen and oxygen atoms in total. The number of carbonyl (C=O) groups is 4. The Morgan fingerprint density at radius 2 is 1.67 bits per heavy atom. The van der Waals surface area contributed by atoms with E-state index in [1.54, 1.807) is 0 Å². The summed E-state index contributed by atoms with van der Waals surface area (Å²) in [6, 6.07) is 5.38. The molecule has 1 aromatic carbocycles. The molecule has 0 aliphatic rings. The molecular weight excluding hydrogens is 358 g/mol. The molecule has 0 saturated carbocycles. The largest absolute Gasteiger partial charge is 0.481 e. The second kappa shape index (κ2) is 8.61. The van der Waals surface area contributed by atoms with Crippen LogP contribution in [-0.2, 0) is 20.8 Å². The van der Waals surface area contributed by atoms with Crippen LogP contribution >= 0.6 is 0 Å². The van der Waals surface area contributed by atoms with Gasteiger partial charge in [-0.2, -0.15) is 5.10 Å². The minimum atomic E-state index is -1.02. The van der Waals surface area contributed by atoms with E-state index in [1.807, 2.05) is 0 Å². The summed E-state index contributed by atoms with van der Waals surface area (Å²) in [5.41, 5.74) is 0.388. The zero-order valence-electron chi connectivity index (χ0n) is 14.6. The lowest BCUT2D eigenvalue weighted by Crippen LogP contribution is -2.19. The fourth-order valence-electron chi connectivity index (χ4n) is 2.27. The van der Waals surface area contributed by atoms with Crippen LogP contribution in [0.3, 0.4) is 0 Å². The molecule has 1 aromatic heterocycles. The van der Waals surface area contributed by atoms with Gasteiger partial charge in [-0.05, 0) is 24.3 Å². The predicted molar refractivity (Wildman–Crippen MR) is 91.6 cm³/mol. The average Bonchev–Trinajstić information content (AvgIpc) is 3.13. The molecule has 0 radical (unpaired) electrons. The Balaban J connectivity index is 2.29. The normalized spacial score (nSPS) is 10.1. The standard InChI is InChI=1S/C17H17N3O7/c1-26-16(24)10-7-11(17(25)27-2)9-12(8-10)19-15(23)13-3-5-18-20(13)6-4-14(21)22/h3,5,7-9H,4,6H2,1-2H3,(H,19,23)(H,21,22). The number of carboxylic acids is 1. The number of aliphatic carboxylic acids is 1. The van der Waals surface area contributed by atoms with Crippen molar-refractivity contribution in [1.29, 1.82) is 0 Å². The van der Waals surface area contributed by atoms with E-state index in [0.29, 0.717) is 0 Å². The summed E-state index contributed by atoms with van der Waals surface area (Å²) < 4.78 is 10.5.